The Balaban J connectivity index is 2.23. The van der Waals surface area contributed by atoms with E-state index >= 15 is 0 Å². The predicted molar refractivity (Wildman–Crippen MR) is 38.4 cm³/mol. The van der Waals surface area contributed by atoms with Crippen LogP contribution in [0.1, 0.15) is 33.1 Å². The van der Waals surface area contributed by atoms with Crippen LogP contribution in [0.4, 0.5) is 0 Å². The Morgan fingerprint density at radius 3 is 2.78 bits per heavy atom. The van der Waals surface area contributed by atoms with E-state index in [0.717, 1.165) is 12.5 Å². The molecule has 9 heavy (non-hydrogen) atoms. The van der Waals surface area contributed by atoms with Crippen molar-refractivity contribution in [2.45, 2.75) is 39.2 Å². The summed E-state index contributed by atoms with van der Waals surface area (Å²) in [6.45, 7) is 5.42. The SMILES string of the molecule is CCC1CCOC(C)C1. The highest BCUT2D eigenvalue weighted by atomic mass is 16.5. The molecule has 1 heterocycles. The molecule has 0 bridgehead atoms. The zero-order chi connectivity index (χ0) is 6.69. The molecule has 1 aliphatic heterocycles. The van der Waals surface area contributed by atoms with Crippen molar-refractivity contribution in [1.82, 2.24) is 0 Å². The third kappa shape index (κ3) is 1.98. The molecule has 0 spiro atoms. The highest BCUT2D eigenvalue weighted by molar-refractivity contribution is 4.66. The van der Waals surface area contributed by atoms with Crippen LogP contribution in [0, 0.1) is 5.92 Å². The zero-order valence-corrected chi connectivity index (χ0v) is 6.39. The van der Waals surface area contributed by atoms with Gasteiger partial charge in [0, 0.05) is 6.61 Å². The van der Waals surface area contributed by atoms with Crippen molar-refractivity contribution in [2.24, 2.45) is 5.92 Å². The fraction of sp³-hybridized carbons (Fsp3) is 1.00. The standard InChI is InChI=1S/C8H16O/c1-3-8-4-5-9-7(2)6-8/h7-8H,3-6H2,1-2H3. The second-order valence-electron chi connectivity index (χ2n) is 2.98. The summed E-state index contributed by atoms with van der Waals surface area (Å²) in [4.78, 5) is 0. The van der Waals surface area contributed by atoms with Crippen molar-refractivity contribution in [2.75, 3.05) is 6.61 Å². The van der Waals surface area contributed by atoms with Crippen LogP contribution < -0.4 is 0 Å². The van der Waals surface area contributed by atoms with Crippen LogP contribution in [0.5, 0.6) is 0 Å². The van der Waals surface area contributed by atoms with Gasteiger partial charge in [-0.2, -0.15) is 0 Å². The smallest absolute Gasteiger partial charge is 0.0549 e. The molecule has 1 saturated heterocycles. The van der Waals surface area contributed by atoms with Crippen molar-refractivity contribution in [1.29, 1.82) is 0 Å². The van der Waals surface area contributed by atoms with E-state index in [2.05, 4.69) is 13.8 Å². The Morgan fingerprint density at radius 1 is 1.56 bits per heavy atom. The van der Waals surface area contributed by atoms with Crippen LogP contribution in [-0.4, -0.2) is 12.7 Å². The minimum Gasteiger partial charge on any atom is -0.378 e. The molecule has 0 radical (unpaired) electrons. The van der Waals surface area contributed by atoms with Crippen LogP contribution >= 0.6 is 0 Å². The van der Waals surface area contributed by atoms with E-state index in [0.29, 0.717) is 6.10 Å². The molecule has 2 unspecified atom stereocenters. The van der Waals surface area contributed by atoms with E-state index in [-0.39, 0.29) is 0 Å². The van der Waals surface area contributed by atoms with Crippen LogP contribution in [0.2, 0.25) is 0 Å². The summed E-state index contributed by atoms with van der Waals surface area (Å²) in [5.41, 5.74) is 0. The van der Waals surface area contributed by atoms with Crippen molar-refractivity contribution >= 4 is 0 Å². The van der Waals surface area contributed by atoms with Gasteiger partial charge < -0.3 is 4.74 Å². The summed E-state index contributed by atoms with van der Waals surface area (Å²) in [7, 11) is 0. The summed E-state index contributed by atoms with van der Waals surface area (Å²) in [6, 6.07) is 0. The Morgan fingerprint density at radius 2 is 2.33 bits per heavy atom. The first kappa shape index (κ1) is 7.07. The molecule has 0 aromatic carbocycles. The Kier molecular flexibility index (Phi) is 2.52. The van der Waals surface area contributed by atoms with E-state index in [9.17, 15) is 0 Å². The third-order valence-electron chi connectivity index (χ3n) is 2.17. The second-order valence-corrected chi connectivity index (χ2v) is 2.98. The van der Waals surface area contributed by atoms with Crippen molar-refractivity contribution in [3.05, 3.63) is 0 Å². The maximum absolute atomic E-state index is 5.41. The van der Waals surface area contributed by atoms with Crippen LogP contribution in [0.15, 0.2) is 0 Å². The fourth-order valence-electron chi connectivity index (χ4n) is 1.46. The topological polar surface area (TPSA) is 9.23 Å². The first-order chi connectivity index (χ1) is 4.33. The van der Waals surface area contributed by atoms with E-state index in [4.69, 9.17) is 4.74 Å². The molecule has 0 aromatic heterocycles. The molecule has 0 saturated carbocycles. The first-order valence-corrected chi connectivity index (χ1v) is 3.94. The Hall–Kier alpha value is -0.0400. The highest BCUT2D eigenvalue weighted by Crippen LogP contribution is 2.21. The van der Waals surface area contributed by atoms with Gasteiger partial charge in [-0.3, -0.25) is 0 Å². The Labute approximate surface area is 57.4 Å². The first-order valence-electron chi connectivity index (χ1n) is 3.94. The third-order valence-corrected chi connectivity index (χ3v) is 2.17. The summed E-state index contributed by atoms with van der Waals surface area (Å²) >= 11 is 0. The maximum atomic E-state index is 5.41. The summed E-state index contributed by atoms with van der Waals surface area (Å²) in [5.74, 6) is 0.939. The van der Waals surface area contributed by atoms with Gasteiger partial charge >= 0.3 is 0 Å². The minimum absolute atomic E-state index is 0.517. The summed E-state index contributed by atoms with van der Waals surface area (Å²) < 4.78 is 5.41. The largest absolute Gasteiger partial charge is 0.378 e. The molecule has 0 aromatic rings. The summed E-state index contributed by atoms with van der Waals surface area (Å²) in [5, 5.41) is 0. The van der Waals surface area contributed by atoms with Gasteiger partial charge in [0.15, 0.2) is 0 Å². The van der Waals surface area contributed by atoms with E-state index in [1.54, 1.807) is 0 Å². The minimum atomic E-state index is 0.517. The normalized spacial score (nSPS) is 36.7. The van der Waals surface area contributed by atoms with Crippen LogP contribution in [-0.2, 0) is 4.74 Å². The van der Waals surface area contributed by atoms with Gasteiger partial charge in [0.05, 0.1) is 6.10 Å². The number of hydrogen-bond acceptors (Lipinski definition) is 1. The van der Waals surface area contributed by atoms with Gasteiger partial charge in [-0.25, -0.2) is 0 Å². The van der Waals surface area contributed by atoms with E-state index in [1.807, 2.05) is 0 Å². The summed E-state index contributed by atoms with van der Waals surface area (Å²) in [6.07, 6.45) is 4.40. The number of ether oxygens (including phenoxy) is 1. The van der Waals surface area contributed by atoms with Crippen molar-refractivity contribution in [3.63, 3.8) is 0 Å². The molecule has 1 aliphatic rings. The lowest BCUT2D eigenvalue weighted by atomic mass is 9.94. The molecule has 0 N–H and O–H groups in total. The number of hydrogen-bond donors (Lipinski definition) is 0. The van der Waals surface area contributed by atoms with Gasteiger partial charge in [0.1, 0.15) is 0 Å². The molecule has 0 amide bonds. The molecular formula is C8H16O. The zero-order valence-electron chi connectivity index (χ0n) is 6.39. The average molecular weight is 128 g/mol. The average Bonchev–Trinajstić information content (AvgIpc) is 1.88. The van der Waals surface area contributed by atoms with Crippen molar-refractivity contribution < 1.29 is 4.74 Å². The lowest BCUT2D eigenvalue weighted by molar-refractivity contribution is 0.00195. The molecule has 1 nitrogen and oxygen atoms in total. The van der Waals surface area contributed by atoms with Gasteiger partial charge in [-0.15, -0.1) is 0 Å². The molecule has 1 heteroatoms. The van der Waals surface area contributed by atoms with Gasteiger partial charge in [0.2, 0.25) is 0 Å². The molecular weight excluding hydrogens is 112 g/mol. The molecule has 54 valence electrons. The fourth-order valence-corrected chi connectivity index (χ4v) is 1.46. The lowest BCUT2D eigenvalue weighted by Crippen LogP contribution is -2.22. The second kappa shape index (κ2) is 3.21. The number of rotatable bonds is 1. The molecule has 2 atom stereocenters. The van der Waals surface area contributed by atoms with Crippen LogP contribution in [0.3, 0.4) is 0 Å². The monoisotopic (exact) mass is 128 g/mol. The molecule has 1 rings (SSSR count). The van der Waals surface area contributed by atoms with Crippen LogP contribution in [0.25, 0.3) is 0 Å². The lowest BCUT2D eigenvalue weighted by Gasteiger charge is -2.25. The van der Waals surface area contributed by atoms with E-state index in [1.165, 1.54) is 19.3 Å². The Bertz CT molecular complexity index is 80.6. The quantitative estimate of drug-likeness (QED) is 0.526. The maximum Gasteiger partial charge on any atom is 0.0549 e. The van der Waals surface area contributed by atoms with Gasteiger partial charge in [-0.05, 0) is 25.7 Å². The van der Waals surface area contributed by atoms with Crippen molar-refractivity contribution in [3.8, 4) is 0 Å². The van der Waals surface area contributed by atoms with Gasteiger partial charge in [0.25, 0.3) is 0 Å². The van der Waals surface area contributed by atoms with Gasteiger partial charge in [-0.1, -0.05) is 13.3 Å². The molecule has 1 fully saturated rings. The highest BCUT2D eigenvalue weighted by Gasteiger charge is 2.16. The van der Waals surface area contributed by atoms with E-state index < -0.39 is 0 Å². The molecule has 0 aliphatic carbocycles. The predicted octanol–water partition coefficient (Wildman–Crippen LogP) is 2.21.